The van der Waals surface area contributed by atoms with Crippen LogP contribution in [0.3, 0.4) is 0 Å². The summed E-state index contributed by atoms with van der Waals surface area (Å²) in [6.07, 6.45) is 3.83. The van der Waals surface area contributed by atoms with Gasteiger partial charge in [-0.3, -0.25) is 9.78 Å². The first-order chi connectivity index (χ1) is 15.5. The highest BCUT2D eigenvalue weighted by atomic mass is 32.2. The van der Waals surface area contributed by atoms with Crippen molar-refractivity contribution in [2.75, 3.05) is 25.3 Å². The minimum Gasteiger partial charge on any atom is -0.549 e. The van der Waals surface area contributed by atoms with Crippen LogP contribution in [0, 0.1) is 0 Å². The van der Waals surface area contributed by atoms with Crippen molar-refractivity contribution >= 4 is 40.2 Å². The minimum atomic E-state index is -1.10. The van der Waals surface area contributed by atoms with Gasteiger partial charge in [0.2, 0.25) is 0 Å². The molecule has 0 aliphatic heterocycles. The van der Waals surface area contributed by atoms with Gasteiger partial charge < -0.3 is 24.7 Å². The summed E-state index contributed by atoms with van der Waals surface area (Å²) < 4.78 is 10.6. The molecule has 0 atom stereocenters. The Kier molecular flexibility index (Phi) is 6.50. The number of carbonyl (C=O) groups is 2. The van der Waals surface area contributed by atoms with Crippen molar-refractivity contribution in [3.05, 3.63) is 53.2 Å². The topological polar surface area (TPSA) is 101 Å². The zero-order valence-corrected chi connectivity index (χ0v) is 18.7. The van der Waals surface area contributed by atoms with Gasteiger partial charge in [0.15, 0.2) is 0 Å². The molecule has 8 heteroatoms. The monoisotopic (exact) mass is 451 g/mol. The van der Waals surface area contributed by atoms with Crippen LogP contribution in [0.5, 0.6) is 11.5 Å². The number of benzene rings is 2. The minimum absolute atomic E-state index is 0.122. The van der Waals surface area contributed by atoms with Gasteiger partial charge in [0, 0.05) is 33.4 Å². The summed E-state index contributed by atoms with van der Waals surface area (Å²) in [4.78, 5) is 29.8. The third-order valence-corrected chi connectivity index (χ3v) is 6.60. The fourth-order valence-corrected chi connectivity index (χ4v) is 4.91. The van der Waals surface area contributed by atoms with Gasteiger partial charge in [0.1, 0.15) is 11.5 Å². The molecule has 4 rings (SSSR count). The summed E-state index contributed by atoms with van der Waals surface area (Å²) in [6, 6.07) is 10.5. The molecule has 1 amide bonds. The Morgan fingerprint density at radius 3 is 2.66 bits per heavy atom. The molecule has 1 aliphatic rings. The van der Waals surface area contributed by atoms with Crippen LogP contribution in [0.25, 0.3) is 10.9 Å². The second-order valence-corrected chi connectivity index (χ2v) is 8.47. The number of nitrogens with zero attached hydrogens (tertiary/aromatic N) is 1. The van der Waals surface area contributed by atoms with Crippen molar-refractivity contribution in [3.63, 3.8) is 0 Å². The van der Waals surface area contributed by atoms with Crippen LogP contribution in [0.2, 0.25) is 0 Å². The smallest absolute Gasteiger partial charge is 0.255 e. The fourth-order valence-electron chi connectivity index (χ4n) is 3.92. The number of anilines is 1. The van der Waals surface area contributed by atoms with Crippen molar-refractivity contribution in [1.29, 1.82) is 0 Å². The first-order valence-electron chi connectivity index (χ1n) is 10.3. The van der Waals surface area contributed by atoms with Crippen LogP contribution in [0.15, 0.2) is 41.3 Å². The van der Waals surface area contributed by atoms with Gasteiger partial charge in [0.25, 0.3) is 5.91 Å². The van der Waals surface area contributed by atoms with Crippen molar-refractivity contribution < 1.29 is 24.2 Å². The molecule has 7 nitrogen and oxygen atoms in total. The standard InChI is InChI=1S/C24H24N2O5S/c1-30-15-8-10-21(31-2)20(12-15)26-24(29)14-7-9-17-19(11-14)25-18-6-4-3-5-16(18)23(17)32-13-22(27)28/h7-12H,3-6,13H2,1-2H3,(H,26,29)(H,27,28)/p-1. The highest BCUT2D eigenvalue weighted by Gasteiger charge is 2.20. The molecule has 0 saturated heterocycles. The number of hydrogen-bond acceptors (Lipinski definition) is 7. The van der Waals surface area contributed by atoms with Gasteiger partial charge in [0.05, 0.1) is 31.4 Å². The quantitative estimate of drug-likeness (QED) is 0.551. The van der Waals surface area contributed by atoms with E-state index in [1.807, 2.05) is 6.07 Å². The maximum absolute atomic E-state index is 13.0. The van der Waals surface area contributed by atoms with Gasteiger partial charge in [-0.05, 0) is 55.5 Å². The Balaban J connectivity index is 1.70. The zero-order chi connectivity index (χ0) is 22.7. The van der Waals surface area contributed by atoms with Crippen LogP contribution in [-0.4, -0.2) is 36.8 Å². The molecule has 1 heterocycles. The van der Waals surface area contributed by atoms with Gasteiger partial charge in [-0.2, -0.15) is 0 Å². The molecule has 3 aromatic rings. The lowest BCUT2D eigenvalue weighted by molar-refractivity contribution is -0.301. The SMILES string of the molecule is COc1ccc(OC)c(NC(=O)c2ccc3c(SCC(=O)[O-])c4c(nc3c2)CCCC4)c1. The molecule has 166 valence electrons. The van der Waals surface area contributed by atoms with E-state index >= 15 is 0 Å². The van der Waals surface area contributed by atoms with Crippen LogP contribution < -0.4 is 19.9 Å². The Labute approximate surface area is 190 Å². The first kappa shape index (κ1) is 22.0. The molecular formula is C24H23N2O5S-. The number of aliphatic carboxylic acids is 1. The Hall–Kier alpha value is -3.26. The lowest BCUT2D eigenvalue weighted by Crippen LogP contribution is -2.24. The molecule has 0 bridgehead atoms. The maximum atomic E-state index is 13.0. The third-order valence-electron chi connectivity index (χ3n) is 5.46. The second kappa shape index (κ2) is 9.48. The highest BCUT2D eigenvalue weighted by molar-refractivity contribution is 8.00. The van der Waals surface area contributed by atoms with Crippen LogP contribution in [-0.2, 0) is 17.6 Å². The predicted molar refractivity (Wildman–Crippen MR) is 122 cm³/mol. The van der Waals surface area contributed by atoms with Crippen molar-refractivity contribution in [1.82, 2.24) is 4.98 Å². The summed E-state index contributed by atoms with van der Waals surface area (Å²) >= 11 is 1.27. The number of rotatable bonds is 7. The highest BCUT2D eigenvalue weighted by Crippen LogP contribution is 2.36. The Bertz CT molecular complexity index is 1190. The summed E-state index contributed by atoms with van der Waals surface area (Å²) in [5.41, 5.74) is 3.73. The number of aromatic nitrogens is 1. The first-order valence-corrected chi connectivity index (χ1v) is 11.3. The lowest BCUT2D eigenvalue weighted by atomic mass is 9.94. The maximum Gasteiger partial charge on any atom is 0.255 e. The van der Waals surface area contributed by atoms with E-state index in [2.05, 4.69) is 5.32 Å². The van der Waals surface area contributed by atoms with Gasteiger partial charge in [-0.1, -0.05) is 6.07 Å². The number of methoxy groups -OCH3 is 2. The largest absolute Gasteiger partial charge is 0.549 e. The molecular weight excluding hydrogens is 428 g/mol. The molecule has 0 saturated carbocycles. The number of ether oxygens (including phenoxy) is 2. The molecule has 0 radical (unpaired) electrons. The number of carboxylic acid groups (broad SMARTS) is 1. The zero-order valence-electron chi connectivity index (χ0n) is 17.9. The van der Waals surface area contributed by atoms with Crippen molar-refractivity contribution in [3.8, 4) is 11.5 Å². The molecule has 0 fully saturated rings. The van der Waals surface area contributed by atoms with E-state index in [0.29, 0.717) is 28.3 Å². The normalized spacial score (nSPS) is 12.8. The average Bonchev–Trinajstić information content (AvgIpc) is 2.81. The lowest BCUT2D eigenvalue weighted by Gasteiger charge is -2.21. The molecule has 1 aliphatic carbocycles. The van der Waals surface area contributed by atoms with Crippen LogP contribution in [0.1, 0.15) is 34.5 Å². The average molecular weight is 452 g/mol. The van der Waals surface area contributed by atoms with Gasteiger partial charge >= 0.3 is 0 Å². The van der Waals surface area contributed by atoms with Crippen LogP contribution >= 0.6 is 11.8 Å². The molecule has 0 unspecified atom stereocenters. The Morgan fingerprint density at radius 1 is 1.09 bits per heavy atom. The number of aryl methyl sites for hydroxylation is 1. The summed E-state index contributed by atoms with van der Waals surface area (Å²) in [5, 5.41) is 14.8. The van der Waals surface area contributed by atoms with E-state index in [-0.39, 0.29) is 11.7 Å². The number of carbonyl (C=O) groups excluding carboxylic acids is 2. The van der Waals surface area contributed by atoms with Crippen LogP contribution in [0.4, 0.5) is 5.69 Å². The van der Waals surface area contributed by atoms with E-state index in [1.54, 1.807) is 37.4 Å². The van der Waals surface area contributed by atoms with E-state index in [9.17, 15) is 14.7 Å². The van der Waals surface area contributed by atoms with E-state index in [0.717, 1.165) is 47.2 Å². The molecule has 1 N–H and O–H groups in total. The number of hydrogen-bond donors (Lipinski definition) is 1. The summed E-state index contributed by atoms with van der Waals surface area (Å²) in [7, 11) is 3.09. The van der Waals surface area contributed by atoms with E-state index in [1.165, 1.54) is 18.9 Å². The number of amides is 1. The number of nitrogens with one attached hydrogen (secondary N) is 1. The fraction of sp³-hybridized carbons (Fsp3) is 0.292. The summed E-state index contributed by atoms with van der Waals surface area (Å²) in [6.45, 7) is 0. The van der Waals surface area contributed by atoms with Gasteiger partial charge in [-0.15, -0.1) is 11.8 Å². The number of pyridine rings is 1. The summed E-state index contributed by atoms with van der Waals surface area (Å²) in [5.74, 6) is -0.408. The molecule has 0 spiro atoms. The number of fused-ring (bicyclic) bond motifs is 2. The Morgan fingerprint density at radius 2 is 1.91 bits per heavy atom. The number of carboxylic acids is 1. The molecule has 32 heavy (non-hydrogen) atoms. The van der Waals surface area contributed by atoms with E-state index < -0.39 is 5.97 Å². The number of thioether (sulfide) groups is 1. The molecule has 1 aromatic heterocycles. The predicted octanol–water partition coefficient (Wildman–Crippen LogP) is 3.23. The van der Waals surface area contributed by atoms with Crippen molar-refractivity contribution in [2.24, 2.45) is 0 Å². The van der Waals surface area contributed by atoms with E-state index in [4.69, 9.17) is 14.5 Å². The van der Waals surface area contributed by atoms with Gasteiger partial charge in [-0.25, -0.2) is 0 Å². The van der Waals surface area contributed by atoms with Crippen molar-refractivity contribution in [2.45, 2.75) is 30.6 Å². The molecule has 2 aromatic carbocycles. The second-order valence-electron chi connectivity index (χ2n) is 7.49. The third kappa shape index (κ3) is 4.50.